The molecule has 29 heavy (non-hydrogen) atoms. The van der Waals surface area contributed by atoms with E-state index in [2.05, 4.69) is 16.9 Å². The Labute approximate surface area is 165 Å². The van der Waals surface area contributed by atoms with Gasteiger partial charge >= 0.3 is 0 Å². The molecule has 0 amide bonds. The van der Waals surface area contributed by atoms with E-state index < -0.39 is 40.0 Å². The van der Waals surface area contributed by atoms with Crippen LogP contribution in [0.1, 0.15) is 37.3 Å². The van der Waals surface area contributed by atoms with Gasteiger partial charge in [-0.3, -0.25) is 0 Å². The van der Waals surface area contributed by atoms with Gasteiger partial charge in [-0.15, -0.1) is 0 Å². The summed E-state index contributed by atoms with van der Waals surface area (Å²) >= 11 is 0. The zero-order chi connectivity index (χ0) is 21.0. The lowest BCUT2D eigenvalue weighted by atomic mass is 9.99. The van der Waals surface area contributed by atoms with Gasteiger partial charge in [0.15, 0.2) is 5.82 Å². The third kappa shape index (κ3) is 4.43. The van der Waals surface area contributed by atoms with Gasteiger partial charge in [0.05, 0.1) is 11.1 Å². The molecule has 0 radical (unpaired) electrons. The topological polar surface area (TPSA) is 49.6 Å². The van der Waals surface area contributed by atoms with E-state index in [0.29, 0.717) is 12.1 Å². The summed E-state index contributed by atoms with van der Waals surface area (Å²) in [5, 5.41) is 8.74. The first-order chi connectivity index (χ1) is 13.9. The number of benzene rings is 2. The van der Waals surface area contributed by atoms with Crippen molar-refractivity contribution in [2.75, 3.05) is 0 Å². The second-order valence-corrected chi connectivity index (χ2v) is 6.61. The molecule has 148 valence electrons. The van der Waals surface area contributed by atoms with Crippen LogP contribution in [0.2, 0.25) is 0 Å². The Morgan fingerprint density at radius 1 is 0.862 bits per heavy atom. The van der Waals surface area contributed by atoms with Crippen LogP contribution >= 0.6 is 0 Å². The summed E-state index contributed by atoms with van der Waals surface area (Å²) in [5.41, 5.74) is -0.856. The molecule has 0 aliphatic heterocycles. The number of nitriles is 1. The van der Waals surface area contributed by atoms with Crippen molar-refractivity contribution in [2.45, 2.75) is 32.6 Å². The van der Waals surface area contributed by atoms with Crippen LogP contribution in [0.5, 0.6) is 0 Å². The minimum absolute atomic E-state index is 0.0818. The summed E-state index contributed by atoms with van der Waals surface area (Å²) in [7, 11) is 0. The fourth-order valence-electron chi connectivity index (χ4n) is 3.00. The summed E-state index contributed by atoms with van der Waals surface area (Å²) in [6, 6.07) is 4.64. The van der Waals surface area contributed by atoms with Crippen LogP contribution in [-0.4, -0.2) is 9.97 Å². The first-order valence-corrected chi connectivity index (χ1v) is 9.14. The van der Waals surface area contributed by atoms with Gasteiger partial charge < -0.3 is 0 Å². The van der Waals surface area contributed by atoms with Crippen molar-refractivity contribution in [3.8, 4) is 28.6 Å². The fraction of sp³-hybridized carbons (Fsp3) is 0.227. The molecule has 0 saturated carbocycles. The van der Waals surface area contributed by atoms with Crippen LogP contribution < -0.4 is 0 Å². The van der Waals surface area contributed by atoms with E-state index in [0.717, 1.165) is 43.4 Å². The van der Waals surface area contributed by atoms with Crippen molar-refractivity contribution in [3.05, 3.63) is 71.1 Å². The van der Waals surface area contributed by atoms with E-state index in [9.17, 15) is 17.6 Å². The van der Waals surface area contributed by atoms with Gasteiger partial charge in [0.1, 0.15) is 29.3 Å². The van der Waals surface area contributed by atoms with Crippen molar-refractivity contribution in [2.24, 2.45) is 0 Å². The highest BCUT2D eigenvalue weighted by molar-refractivity contribution is 5.70. The zero-order valence-corrected chi connectivity index (χ0v) is 15.6. The second kappa shape index (κ2) is 8.82. The number of aromatic nitrogens is 2. The van der Waals surface area contributed by atoms with E-state index >= 15 is 0 Å². The molecular formula is C22H17F4N3. The molecule has 0 aliphatic carbocycles. The number of hydrogen-bond donors (Lipinski definition) is 0. The number of hydrogen-bond acceptors (Lipinski definition) is 3. The van der Waals surface area contributed by atoms with Gasteiger partial charge in [-0.1, -0.05) is 19.8 Å². The Morgan fingerprint density at radius 2 is 1.52 bits per heavy atom. The maximum absolute atomic E-state index is 14.6. The predicted octanol–water partition coefficient (Wildman–Crippen LogP) is 5.97. The maximum Gasteiger partial charge on any atom is 0.159 e. The maximum atomic E-state index is 14.6. The normalized spacial score (nSPS) is 10.8. The molecule has 0 bridgehead atoms. The van der Waals surface area contributed by atoms with Crippen LogP contribution in [0.4, 0.5) is 17.6 Å². The van der Waals surface area contributed by atoms with Crippen molar-refractivity contribution in [3.63, 3.8) is 0 Å². The van der Waals surface area contributed by atoms with Crippen LogP contribution in [0.3, 0.4) is 0 Å². The third-order valence-electron chi connectivity index (χ3n) is 4.52. The molecule has 0 aliphatic rings. The van der Waals surface area contributed by atoms with Crippen molar-refractivity contribution < 1.29 is 17.6 Å². The largest absolute Gasteiger partial charge is 0.236 e. The average Bonchev–Trinajstić information content (AvgIpc) is 2.70. The molecule has 0 saturated heterocycles. The van der Waals surface area contributed by atoms with Gasteiger partial charge in [0, 0.05) is 23.5 Å². The minimum Gasteiger partial charge on any atom is -0.236 e. The van der Waals surface area contributed by atoms with E-state index in [4.69, 9.17) is 5.26 Å². The molecule has 3 rings (SSSR count). The van der Waals surface area contributed by atoms with Gasteiger partial charge in [-0.05, 0) is 42.7 Å². The van der Waals surface area contributed by atoms with E-state index in [1.807, 2.05) is 0 Å². The molecule has 0 N–H and O–H groups in total. The highest BCUT2D eigenvalue weighted by Crippen LogP contribution is 2.32. The number of nitrogens with zero attached hydrogens (tertiary/aromatic N) is 3. The van der Waals surface area contributed by atoms with Crippen LogP contribution in [-0.2, 0) is 6.42 Å². The first kappa shape index (κ1) is 20.5. The summed E-state index contributed by atoms with van der Waals surface area (Å²) in [4.78, 5) is 8.30. The summed E-state index contributed by atoms with van der Waals surface area (Å²) in [6.45, 7) is 2.10. The van der Waals surface area contributed by atoms with Gasteiger partial charge in [-0.25, -0.2) is 27.5 Å². The molecule has 0 spiro atoms. The monoisotopic (exact) mass is 399 g/mol. The van der Waals surface area contributed by atoms with Crippen molar-refractivity contribution in [1.82, 2.24) is 9.97 Å². The Morgan fingerprint density at radius 3 is 2.10 bits per heavy atom. The SMILES string of the molecule is CCCCCc1cnc(-c2cc(F)c(-c3cc(F)c(C#N)cc3F)c(F)c2)nc1. The lowest BCUT2D eigenvalue weighted by Crippen LogP contribution is -1.99. The molecule has 0 fully saturated rings. The van der Waals surface area contributed by atoms with Crippen LogP contribution in [0, 0.1) is 34.6 Å². The molecule has 7 heteroatoms. The van der Waals surface area contributed by atoms with Crippen LogP contribution in [0.25, 0.3) is 22.5 Å². The van der Waals surface area contributed by atoms with Crippen molar-refractivity contribution in [1.29, 1.82) is 5.26 Å². The summed E-state index contributed by atoms with van der Waals surface area (Å²) in [5.74, 6) is -4.20. The standard InChI is InChI=1S/C22H17F4N3/c1-2-3-4-5-13-11-28-22(29-12-13)14-6-19(25)21(20(26)7-14)16-9-17(23)15(10-27)8-18(16)24/h6-9,11-12H,2-5H2,1H3. The fourth-order valence-corrected chi connectivity index (χ4v) is 3.00. The molecule has 1 heterocycles. The van der Waals surface area contributed by atoms with Gasteiger partial charge in [0.25, 0.3) is 0 Å². The Hall–Kier alpha value is -3.27. The predicted molar refractivity (Wildman–Crippen MR) is 101 cm³/mol. The van der Waals surface area contributed by atoms with Crippen molar-refractivity contribution >= 4 is 0 Å². The zero-order valence-electron chi connectivity index (χ0n) is 15.6. The van der Waals surface area contributed by atoms with Gasteiger partial charge in [-0.2, -0.15) is 5.26 Å². The molecule has 0 unspecified atom stereocenters. The quantitative estimate of drug-likeness (QED) is 0.379. The minimum atomic E-state index is -1.10. The molecular weight excluding hydrogens is 382 g/mol. The highest BCUT2D eigenvalue weighted by atomic mass is 19.1. The summed E-state index contributed by atoms with van der Waals surface area (Å²) < 4.78 is 57.2. The smallest absolute Gasteiger partial charge is 0.159 e. The molecule has 3 aromatic rings. The molecule has 1 aromatic heterocycles. The molecule has 3 nitrogen and oxygen atoms in total. The number of unbranched alkanes of at least 4 members (excludes halogenated alkanes) is 2. The first-order valence-electron chi connectivity index (χ1n) is 9.14. The average molecular weight is 399 g/mol. The lowest BCUT2D eigenvalue weighted by Gasteiger charge is -2.10. The third-order valence-corrected chi connectivity index (χ3v) is 4.52. The second-order valence-electron chi connectivity index (χ2n) is 6.61. The Kier molecular flexibility index (Phi) is 6.23. The molecule has 2 aromatic carbocycles. The lowest BCUT2D eigenvalue weighted by molar-refractivity contribution is 0.576. The molecule has 0 atom stereocenters. The highest BCUT2D eigenvalue weighted by Gasteiger charge is 2.20. The van der Waals surface area contributed by atoms with E-state index in [-0.39, 0.29) is 11.4 Å². The van der Waals surface area contributed by atoms with Gasteiger partial charge in [0.2, 0.25) is 0 Å². The Bertz CT molecular complexity index is 1050. The number of rotatable bonds is 6. The number of halogens is 4. The Balaban J connectivity index is 1.95. The van der Waals surface area contributed by atoms with E-state index in [1.165, 1.54) is 6.07 Å². The van der Waals surface area contributed by atoms with Crippen LogP contribution in [0.15, 0.2) is 36.7 Å². The summed E-state index contributed by atoms with van der Waals surface area (Å²) in [6.07, 6.45) is 7.22. The van der Waals surface area contributed by atoms with E-state index in [1.54, 1.807) is 12.4 Å². The number of aryl methyl sites for hydroxylation is 1.